The Balaban J connectivity index is 2.16. The van der Waals surface area contributed by atoms with E-state index in [1.54, 1.807) is 19.1 Å². The average Bonchev–Trinajstić information content (AvgIpc) is 2.85. The molecule has 0 radical (unpaired) electrons. The van der Waals surface area contributed by atoms with Crippen LogP contribution in [0.15, 0.2) is 23.1 Å². The van der Waals surface area contributed by atoms with Crippen LogP contribution in [0.5, 0.6) is 0 Å². The molecule has 0 atom stereocenters. The van der Waals surface area contributed by atoms with Crippen LogP contribution in [0.25, 0.3) is 0 Å². The minimum Gasteiger partial charge on any atom is -0.397 e. The van der Waals surface area contributed by atoms with Crippen molar-refractivity contribution in [3.8, 4) is 0 Å². The van der Waals surface area contributed by atoms with Crippen LogP contribution >= 0.6 is 0 Å². The maximum Gasteiger partial charge on any atom is 0.240 e. The Morgan fingerprint density at radius 3 is 2.57 bits per heavy atom. The highest BCUT2D eigenvalue weighted by molar-refractivity contribution is 7.89. The fourth-order valence-corrected chi connectivity index (χ4v) is 3.91. The first-order valence-electron chi connectivity index (χ1n) is 7.49. The minimum absolute atomic E-state index is 0.248. The SMILES string of the molecule is CCNS(=O)(=O)c1ccc(N)c(NCC2(C)CCCC2)c1. The Morgan fingerprint density at radius 1 is 1.29 bits per heavy atom. The van der Waals surface area contributed by atoms with Gasteiger partial charge in [0.05, 0.1) is 16.3 Å². The number of hydrogen-bond acceptors (Lipinski definition) is 4. The zero-order valence-corrected chi connectivity index (χ0v) is 13.6. The van der Waals surface area contributed by atoms with Crippen LogP contribution in [0.1, 0.15) is 39.5 Å². The number of rotatable bonds is 6. The van der Waals surface area contributed by atoms with Gasteiger partial charge in [0.15, 0.2) is 0 Å². The molecule has 0 saturated heterocycles. The van der Waals surface area contributed by atoms with Crippen molar-refractivity contribution in [2.75, 3.05) is 24.1 Å². The molecule has 0 heterocycles. The smallest absolute Gasteiger partial charge is 0.240 e. The van der Waals surface area contributed by atoms with Crippen molar-refractivity contribution in [2.24, 2.45) is 5.41 Å². The zero-order chi connectivity index (χ0) is 15.5. The van der Waals surface area contributed by atoms with Crippen LogP contribution in [0.2, 0.25) is 0 Å². The van der Waals surface area contributed by atoms with E-state index in [4.69, 9.17) is 5.73 Å². The first-order valence-corrected chi connectivity index (χ1v) is 8.98. The molecule has 1 aromatic carbocycles. The summed E-state index contributed by atoms with van der Waals surface area (Å²) >= 11 is 0. The number of hydrogen-bond donors (Lipinski definition) is 3. The second kappa shape index (κ2) is 6.23. The highest BCUT2D eigenvalue weighted by Gasteiger charge is 2.28. The molecule has 4 N–H and O–H groups in total. The van der Waals surface area contributed by atoms with Crippen LogP contribution in [-0.2, 0) is 10.0 Å². The predicted molar refractivity (Wildman–Crippen MR) is 86.8 cm³/mol. The third-order valence-corrected chi connectivity index (χ3v) is 5.73. The van der Waals surface area contributed by atoms with Crippen molar-refractivity contribution >= 4 is 21.4 Å². The summed E-state index contributed by atoms with van der Waals surface area (Å²) in [4.78, 5) is 0.248. The van der Waals surface area contributed by atoms with Crippen LogP contribution in [-0.4, -0.2) is 21.5 Å². The van der Waals surface area contributed by atoms with Crippen molar-refractivity contribution in [2.45, 2.75) is 44.4 Å². The highest BCUT2D eigenvalue weighted by atomic mass is 32.2. The molecule has 5 nitrogen and oxygen atoms in total. The van der Waals surface area contributed by atoms with Crippen molar-refractivity contribution < 1.29 is 8.42 Å². The van der Waals surface area contributed by atoms with Gasteiger partial charge in [-0.1, -0.05) is 26.7 Å². The van der Waals surface area contributed by atoms with E-state index in [9.17, 15) is 8.42 Å². The minimum atomic E-state index is -3.45. The molecule has 0 aliphatic heterocycles. The molecule has 0 unspecified atom stereocenters. The van der Waals surface area contributed by atoms with E-state index in [1.807, 2.05) is 0 Å². The molecule has 2 rings (SSSR count). The second-order valence-electron chi connectivity index (χ2n) is 6.12. The monoisotopic (exact) mass is 311 g/mol. The topological polar surface area (TPSA) is 84.2 Å². The van der Waals surface area contributed by atoms with E-state index < -0.39 is 10.0 Å². The lowest BCUT2D eigenvalue weighted by atomic mass is 9.89. The van der Waals surface area contributed by atoms with Gasteiger partial charge in [-0.05, 0) is 36.5 Å². The summed E-state index contributed by atoms with van der Waals surface area (Å²) in [6, 6.07) is 4.80. The molecule has 0 amide bonds. The molecular formula is C15H25N3O2S. The Hall–Kier alpha value is -1.27. The first-order chi connectivity index (χ1) is 9.86. The van der Waals surface area contributed by atoms with Crippen LogP contribution < -0.4 is 15.8 Å². The molecule has 0 spiro atoms. The number of anilines is 2. The quantitative estimate of drug-likeness (QED) is 0.705. The lowest BCUT2D eigenvalue weighted by Gasteiger charge is -2.25. The maximum absolute atomic E-state index is 12.0. The van der Waals surface area contributed by atoms with Crippen molar-refractivity contribution in [3.63, 3.8) is 0 Å². The highest BCUT2D eigenvalue weighted by Crippen LogP contribution is 2.38. The van der Waals surface area contributed by atoms with Gasteiger partial charge in [-0.2, -0.15) is 0 Å². The first kappa shape index (κ1) is 16.1. The lowest BCUT2D eigenvalue weighted by molar-refractivity contribution is 0.362. The lowest BCUT2D eigenvalue weighted by Crippen LogP contribution is -2.25. The van der Waals surface area contributed by atoms with Gasteiger partial charge < -0.3 is 11.1 Å². The van der Waals surface area contributed by atoms with Gasteiger partial charge in [-0.25, -0.2) is 13.1 Å². The number of nitrogens with two attached hydrogens (primary N) is 1. The summed E-state index contributed by atoms with van der Waals surface area (Å²) < 4.78 is 26.6. The number of nitrogens with one attached hydrogen (secondary N) is 2. The second-order valence-corrected chi connectivity index (χ2v) is 7.89. The fraction of sp³-hybridized carbons (Fsp3) is 0.600. The van der Waals surface area contributed by atoms with Gasteiger partial charge in [0, 0.05) is 13.1 Å². The van der Waals surface area contributed by atoms with E-state index in [1.165, 1.54) is 31.7 Å². The Morgan fingerprint density at radius 2 is 1.95 bits per heavy atom. The van der Waals surface area contributed by atoms with Gasteiger partial charge in [0.1, 0.15) is 0 Å². The Bertz CT molecular complexity index is 593. The molecule has 1 saturated carbocycles. The maximum atomic E-state index is 12.0. The van der Waals surface area contributed by atoms with Gasteiger partial charge in [0.25, 0.3) is 0 Å². The third-order valence-electron chi connectivity index (χ3n) is 4.19. The van der Waals surface area contributed by atoms with Gasteiger partial charge in [0.2, 0.25) is 10.0 Å². The normalized spacial score (nSPS) is 17.8. The van der Waals surface area contributed by atoms with Crippen LogP contribution in [0, 0.1) is 5.41 Å². The summed E-state index contributed by atoms with van der Waals surface area (Å²) in [6.07, 6.45) is 4.94. The number of benzene rings is 1. The molecule has 1 aliphatic carbocycles. The molecular weight excluding hydrogens is 286 g/mol. The largest absolute Gasteiger partial charge is 0.397 e. The summed E-state index contributed by atoms with van der Waals surface area (Å²) in [5.41, 5.74) is 7.51. The van der Waals surface area contributed by atoms with Gasteiger partial charge >= 0.3 is 0 Å². The van der Waals surface area contributed by atoms with E-state index in [2.05, 4.69) is 17.0 Å². The van der Waals surface area contributed by atoms with E-state index in [0.717, 1.165) is 6.54 Å². The van der Waals surface area contributed by atoms with E-state index in [-0.39, 0.29) is 10.3 Å². The molecule has 0 aromatic heterocycles. The van der Waals surface area contributed by atoms with Gasteiger partial charge in [-0.15, -0.1) is 0 Å². The van der Waals surface area contributed by atoms with E-state index >= 15 is 0 Å². The van der Waals surface area contributed by atoms with Crippen molar-refractivity contribution in [3.05, 3.63) is 18.2 Å². The fourth-order valence-electron chi connectivity index (χ4n) is 2.84. The molecule has 0 bridgehead atoms. The predicted octanol–water partition coefficient (Wildman–Crippen LogP) is 2.56. The van der Waals surface area contributed by atoms with Crippen molar-refractivity contribution in [1.82, 2.24) is 4.72 Å². The van der Waals surface area contributed by atoms with Crippen LogP contribution in [0.3, 0.4) is 0 Å². The zero-order valence-electron chi connectivity index (χ0n) is 12.8. The summed E-state index contributed by atoms with van der Waals surface area (Å²) in [5, 5.41) is 3.33. The molecule has 1 aromatic rings. The Labute approximate surface area is 127 Å². The summed E-state index contributed by atoms with van der Waals surface area (Å²) in [7, 11) is -3.45. The molecule has 118 valence electrons. The molecule has 1 aliphatic rings. The van der Waals surface area contributed by atoms with E-state index in [0.29, 0.717) is 17.9 Å². The average molecular weight is 311 g/mol. The summed E-state index contributed by atoms with van der Waals surface area (Å²) in [6.45, 7) is 5.22. The standard InChI is InChI=1S/C15H25N3O2S/c1-3-18-21(19,20)12-6-7-13(16)14(10-12)17-11-15(2)8-4-5-9-15/h6-7,10,17-18H,3-5,8-9,11,16H2,1-2H3. The van der Waals surface area contributed by atoms with Crippen LogP contribution in [0.4, 0.5) is 11.4 Å². The Kier molecular flexibility index (Phi) is 4.78. The molecule has 6 heteroatoms. The molecule has 1 fully saturated rings. The number of nitrogen functional groups attached to an aromatic ring is 1. The summed E-state index contributed by atoms with van der Waals surface area (Å²) in [5.74, 6) is 0. The molecule has 21 heavy (non-hydrogen) atoms. The van der Waals surface area contributed by atoms with Crippen molar-refractivity contribution in [1.29, 1.82) is 0 Å². The number of sulfonamides is 1. The third kappa shape index (κ3) is 3.89. The van der Waals surface area contributed by atoms with Gasteiger partial charge in [-0.3, -0.25) is 0 Å².